The molecule has 0 aliphatic carbocycles. The number of nitrogen functional groups attached to an aromatic ring is 1. The van der Waals surface area contributed by atoms with Crippen LogP contribution in [0.3, 0.4) is 0 Å². The zero-order valence-corrected chi connectivity index (χ0v) is 11.2. The van der Waals surface area contributed by atoms with E-state index in [2.05, 4.69) is 14.8 Å². The lowest BCUT2D eigenvalue weighted by atomic mass is 10.2. The molecule has 0 unspecified atom stereocenters. The molecule has 0 amide bonds. The lowest BCUT2D eigenvalue weighted by Crippen LogP contribution is -2.47. The largest absolute Gasteiger partial charge is 0.399 e. The lowest BCUT2D eigenvalue weighted by Gasteiger charge is -2.36. The summed E-state index contributed by atoms with van der Waals surface area (Å²) in [6.07, 6.45) is 1.72. The molecule has 1 aliphatic rings. The fraction of sp³-hybridized carbons (Fsp3) is 0.267. The number of aromatic nitrogens is 1. The highest BCUT2D eigenvalue weighted by atomic mass is 19.1. The minimum Gasteiger partial charge on any atom is -0.399 e. The predicted molar refractivity (Wildman–Crippen MR) is 79.5 cm³/mol. The molecule has 0 spiro atoms. The Balaban J connectivity index is 1.70. The Morgan fingerprint density at radius 3 is 2.40 bits per heavy atom. The van der Waals surface area contributed by atoms with Gasteiger partial charge in [0.25, 0.3) is 0 Å². The van der Waals surface area contributed by atoms with Gasteiger partial charge in [0.15, 0.2) is 0 Å². The monoisotopic (exact) mass is 272 g/mol. The molecule has 20 heavy (non-hydrogen) atoms. The third kappa shape index (κ3) is 2.52. The van der Waals surface area contributed by atoms with Crippen molar-refractivity contribution in [2.45, 2.75) is 0 Å². The van der Waals surface area contributed by atoms with Gasteiger partial charge in [-0.05, 0) is 18.2 Å². The van der Waals surface area contributed by atoms with E-state index in [-0.39, 0.29) is 5.82 Å². The molecule has 1 aliphatic heterocycles. The van der Waals surface area contributed by atoms with Crippen molar-refractivity contribution in [3.63, 3.8) is 0 Å². The second-order valence-electron chi connectivity index (χ2n) is 4.87. The van der Waals surface area contributed by atoms with Crippen molar-refractivity contribution in [1.29, 1.82) is 0 Å². The number of pyridine rings is 1. The van der Waals surface area contributed by atoms with E-state index in [0.29, 0.717) is 11.4 Å². The number of halogens is 1. The molecule has 1 saturated heterocycles. The molecule has 104 valence electrons. The number of benzene rings is 1. The highest BCUT2D eigenvalue weighted by Crippen LogP contribution is 2.22. The molecule has 0 bridgehead atoms. The summed E-state index contributed by atoms with van der Waals surface area (Å²) >= 11 is 0. The fourth-order valence-electron chi connectivity index (χ4n) is 2.49. The quantitative estimate of drug-likeness (QED) is 0.909. The third-order valence-corrected chi connectivity index (χ3v) is 3.57. The summed E-state index contributed by atoms with van der Waals surface area (Å²) in [5.74, 6) is 0.723. The topological polar surface area (TPSA) is 45.4 Å². The first-order chi connectivity index (χ1) is 9.74. The van der Waals surface area contributed by atoms with E-state index >= 15 is 0 Å². The summed E-state index contributed by atoms with van der Waals surface area (Å²) in [4.78, 5) is 8.57. The maximum Gasteiger partial charge on any atom is 0.146 e. The summed E-state index contributed by atoms with van der Waals surface area (Å²) < 4.78 is 13.8. The zero-order chi connectivity index (χ0) is 13.9. The SMILES string of the molecule is Nc1ccnc(N2CCN(c3ccccc3F)CC2)c1. The Labute approximate surface area is 117 Å². The highest BCUT2D eigenvalue weighted by molar-refractivity contribution is 5.53. The van der Waals surface area contributed by atoms with Gasteiger partial charge in [-0.3, -0.25) is 0 Å². The van der Waals surface area contributed by atoms with Gasteiger partial charge in [0, 0.05) is 44.1 Å². The molecule has 1 aromatic heterocycles. The minimum atomic E-state index is -0.164. The van der Waals surface area contributed by atoms with Gasteiger partial charge in [-0.15, -0.1) is 0 Å². The first-order valence-corrected chi connectivity index (χ1v) is 6.70. The second-order valence-corrected chi connectivity index (χ2v) is 4.87. The summed E-state index contributed by atoms with van der Waals surface area (Å²) in [6.45, 7) is 3.17. The first-order valence-electron chi connectivity index (χ1n) is 6.70. The Kier molecular flexibility index (Phi) is 3.41. The molecular formula is C15H17FN4. The minimum absolute atomic E-state index is 0.164. The molecule has 2 N–H and O–H groups in total. The Morgan fingerprint density at radius 2 is 1.70 bits per heavy atom. The van der Waals surface area contributed by atoms with Crippen LogP contribution in [0.25, 0.3) is 0 Å². The van der Waals surface area contributed by atoms with Gasteiger partial charge < -0.3 is 15.5 Å². The number of anilines is 3. The standard InChI is InChI=1S/C15H17FN4/c16-13-3-1-2-4-14(13)19-7-9-20(10-8-19)15-11-12(17)5-6-18-15/h1-6,11H,7-10H2,(H2,17,18). The van der Waals surface area contributed by atoms with Crippen LogP contribution in [-0.2, 0) is 0 Å². The molecule has 2 heterocycles. The predicted octanol–water partition coefficient (Wildman–Crippen LogP) is 2.13. The van der Waals surface area contributed by atoms with Crippen LogP contribution in [0.2, 0.25) is 0 Å². The molecule has 0 radical (unpaired) electrons. The summed E-state index contributed by atoms with van der Waals surface area (Å²) in [6, 6.07) is 10.6. The molecule has 2 aromatic rings. The molecule has 1 fully saturated rings. The number of hydrogen-bond donors (Lipinski definition) is 1. The summed E-state index contributed by atoms with van der Waals surface area (Å²) in [7, 11) is 0. The van der Waals surface area contributed by atoms with Gasteiger partial charge in [-0.25, -0.2) is 9.37 Å². The summed E-state index contributed by atoms with van der Waals surface area (Å²) in [5.41, 5.74) is 7.16. The second kappa shape index (κ2) is 5.36. The number of nitrogens with two attached hydrogens (primary N) is 1. The van der Waals surface area contributed by atoms with Gasteiger partial charge in [0.1, 0.15) is 11.6 Å². The average molecular weight is 272 g/mol. The van der Waals surface area contributed by atoms with Crippen molar-refractivity contribution in [3.8, 4) is 0 Å². The van der Waals surface area contributed by atoms with Crippen LogP contribution in [0.1, 0.15) is 0 Å². The van der Waals surface area contributed by atoms with Crippen molar-refractivity contribution in [3.05, 3.63) is 48.4 Å². The van der Waals surface area contributed by atoms with Crippen LogP contribution in [0.15, 0.2) is 42.6 Å². The number of hydrogen-bond acceptors (Lipinski definition) is 4. The molecule has 0 saturated carbocycles. The fourth-order valence-corrected chi connectivity index (χ4v) is 2.49. The van der Waals surface area contributed by atoms with Crippen molar-refractivity contribution < 1.29 is 4.39 Å². The van der Waals surface area contributed by atoms with Gasteiger partial charge >= 0.3 is 0 Å². The van der Waals surface area contributed by atoms with E-state index in [1.54, 1.807) is 18.3 Å². The van der Waals surface area contributed by atoms with Gasteiger partial charge in [-0.2, -0.15) is 0 Å². The molecular weight excluding hydrogens is 255 g/mol. The lowest BCUT2D eigenvalue weighted by molar-refractivity contribution is 0.596. The van der Waals surface area contributed by atoms with Crippen LogP contribution in [-0.4, -0.2) is 31.2 Å². The number of piperazine rings is 1. The van der Waals surface area contributed by atoms with Crippen molar-refractivity contribution in [1.82, 2.24) is 4.98 Å². The van der Waals surface area contributed by atoms with Crippen LogP contribution in [0.5, 0.6) is 0 Å². The van der Waals surface area contributed by atoms with Crippen LogP contribution >= 0.6 is 0 Å². The van der Waals surface area contributed by atoms with E-state index in [1.165, 1.54) is 6.07 Å². The van der Waals surface area contributed by atoms with E-state index in [9.17, 15) is 4.39 Å². The van der Waals surface area contributed by atoms with Gasteiger partial charge in [-0.1, -0.05) is 12.1 Å². The zero-order valence-electron chi connectivity index (χ0n) is 11.2. The van der Waals surface area contributed by atoms with Gasteiger partial charge in [0.05, 0.1) is 5.69 Å². The molecule has 3 rings (SSSR count). The Morgan fingerprint density at radius 1 is 1.00 bits per heavy atom. The average Bonchev–Trinajstić information content (AvgIpc) is 2.48. The van der Waals surface area contributed by atoms with Crippen molar-refractivity contribution in [2.75, 3.05) is 41.7 Å². The summed E-state index contributed by atoms with van der Waals surface area (Å²) in [5, 5.41) is 0. The van der Waals surface area contributed by atoms with Crippen LogP contribution in [0, 0.1) is 5.82 Å². The van der Waals surface area contributed by atoms with E-state index < -0.39 is 0 Å². The molecule has 1 aromatic carbocycles. The van der Waals surface area contributed by atoms with Crippen LogP contribution in [0.4, 0.5) is 21.6 Å². The van der Waals surface area contributed by atoms with E-state index in [0.717, 1.165) is 32.0 Å². The van der Waals surface area contributed by atoms with Crippen LogP contribution < -0.4 is 15.5 Å². The first kappa shape index (κ1) is 12.7. The van der Waals surface area contributed by atoms with Gasteiger partial charge in [0.2, 0.25) is 0 Å². The Bertz CT molecular complexity index is 594. The number of para-hydroxylation sites is 1. The highest BCUT2D eigenvalue weighted by Gasteiger charge is 2.20. The van der Waals surface area contributed by atoms with E-state index in [4.69, 9.17) is 5.73 Å². The van der Waals surface area contributed by atoms with E-state index in [1.807, 2.05) is 18.2 Å². The molecule has 4 nitrogen and oxygen atoms in total. The molecule has 5 heteroatoms. The normalized spacial score (nSPS) is 15.4. The smallest absolute Gasteiger partial charge is 0.146 e. The molecule has 0 atom stereocenters. The van der Waals surface area contributed by atoms with Crippen molar-refractivity contribution >= 4 is 17.2 Å². The maximum absolute atomic E-state index is 13.8. The number of rotatable bonds is 2. The maximum atomic E-state index is 13.8. The number of nitrogens with zero attached hydrogens (tertiary/aromatic N) is 3. The van der Waals surface area contributed by atoms with Crippen molar-refractivity contribution in [2.24, 2.45) is 0 Å². The Hall–Kier alpha value is -2.30. The third-order valence-electron chi connectivity index (χ3n) is 3.57.